The number of fused-ring (bicyclic) bond motifs is 2. The van der Waals surface area contributed by atoms with E-state index in [-0.39, 0.29) is 0 Å². The Morgan fingerprint density at radius 3 is 2.37 bits per heavy atom. The molecule has 9 nitrogen and oxygen atoms in total. The molecule has 0 atom stereocenters. The Hall–Kier alpha value is -2.31. The van der Waals surface area contributed by atoms with Gasteiger partial charge in [0.2, 0.25) is 0 Å². The molecule has 6 heterocycles. The van der Waals surface area contributed by atoms with Crippen molar-refractivity contribution < 1.29 is 8.42 Å². The number of aromatic nitrogens is 4. The second kappa shape index (κ2) is 9.71. The van der Waals surface area contributed by atoms with Gasteiger partial charge in [0.05, 0.1) is 5.69 Å². The molecule has 2 fully saturated rings. The van der Waals surface area contributed by atoms with Gasteiger partial charge in [-0.25, -0.2) is 9.50 Å². The van der Waals surface area contributed by atoms with Crippen LogP contribution in [0.25, 0.3) is 27.1 Å². The number of hydrogen-bond donors (Lipinski definition) is 2. The van der Waals surface area contributed by atoms with Crippen molar-refractivity contribution in [3.8, 4) is 11.3 Å². The third-order valence-corrected chi connectivity index (χ3v) is 11.9. The number of hydrogen-bond acceptors (Lipinski definition) is 6. The summed E-state index contributed by atoms with van der Waals surface area (Å²) in [5.41, 5.74) is 8.29. The molecular weight excluding hydrogens is 518 g/mol. The number of H-pyrrole nitrogens is 1. The van der Waals surface area contributed by atoms with Crippen molar-refractivity contribution in [1.29, 1.82) is 0 Å². The van der Waals surface area contributed by atoms with Crippen LogP contribution in [0.15, 0.2) is 12.5 Å². The molecule has 0 radical (unpaired) electrons. The minimum atomic E-state index is -3.38. The highest BCUT2D eigenvalue weighted by atomic mass is 32.2. The van der Waals surface area contributed by atoms with E-state index in [0.29, 0.717) is 38.0 Å². The van der Waals surface area contributed by atoms with Crippen LogP contribution in [0.5, 0.6) is 0 Å². The molecule has 0 aromatic carbocycles. The quantitative estimate of drug-likeness (QED) is 0.382. The number of piperazine rings is 1. The topological polar surface area (TPSA) is 98.6 Å². The maximum Gasteiger partial charge on any atom is 0.282 e. The molecule has 0 bridgehead atoms. The van der Waals surface area contributed by atoms with Crippen molar-refractivity contribution in [2.24, 2.45) is 0 Å². The normalized spacial score (nSPS) is 18.9. The van der Waals surface area contributed by atoms with Gasteiger partial charge >= 0.3 is 0 Å². The molecule has 204 valence electrons. The molecule has 11 heteroatoms. The van der Waals surface area contributed by atoms with Crippen LogP contribution in [0.3, 0.4) is 0 Å². The van der Waals surface area contributed by atoms with Crippen LogP contribution < -0.4 is 5.32 Å². The summed E-state index contributed by atoms with van der Waals surface area (Å²) in [6, 6.07) is 0. The van der Waals surface area contributed by atoms with Crippen LogP contribution in [0, 0.1) is 20.8 Å². The summed E-state index contributed by atoms with van der Waals surface area (Å²) in [7, 11) is -3.38. The van der Waals surface area contributed by atoms with Gasteiger partial charge < -0.3 is 10.3 Å². The highest BCUT2D eigenvalue weighted by Gasteiger charge is 2.35. The van der Waals surface area contributed by atoms with Crippen molar-refractivity contribution in [1.82, 2.24) is 33.5 Å². The van der Waals surface area contributed by atoms with Crippen molar-refractivity contribution in [2.45, 2.75) is 59.3 Å². The summed E-state index contributed by atoms with van der Waals surface area (Å²) in [5.74, 6) is 0.728. The number of thiophene rings is 1. The summed E-state index contributed by atoms with van der Waals surface area (Å²) in [4.78, 5) is 10.8. The average Bonchev–Trinajstić information content (AvgIpc) is 3.61. The second-order valence-electron chi connectivity index (χ2n) is 11.0. The first-order chi connectivity index (χ1) is 18.2. The largest absolute Gasteiger partial charge is 0.346 e. The fourth-order valence-corrected chi connectivity index (χ4v) is 9.31. The Balaban J connectivity index is 1.32. The SMILES string of the molecule is Cc1c(-c2[nH]c3sc(C4CCN(S(=O)(=O)N5CCNCC5)CC4)c(C)c3c2C(C)C)cn2ncnc2c1C. The lowest BCUT2D eigenvalue weighted by Crippen LogP contribution is -2.53. The predicted octanol–water partition coefficient (Wildman–Crippen LogP) is 4.32. The lowest BCUT2D eigenvalue weighted by Gasteiger charge is -2.36. The van der Waals surface area contributed by atoms with Gasteiger partial charge in [0.25, 0.3) is 10.2 Å². The predicted molar refractivity (Wildman–Crippen MR) is 153 cm³/mol. The molecule has 6 rings (SSSR count). The molecule has 4 aromatic heterocycles. The number of nitrogens with zero attached hydrogens (tertiary/aromatic N) is 5. The zero-order valence-corrected chi connectivity index (χ0v) is 24.5. The van der Waals surface area contributed by atoms with E-state index in [1.807, 2.05) is 15.9 Å². The van der Waals surface area contributed by atoms with Gasteiger partial charge in [-0.3, -0.25) is 0 Å². The first-order valence-corrected chi connectivity index (χ1v) is 15.8. The van der Waals surface area contributed by atoms with Crippen LogP contribution in [-0.2, 0) is 10.2 Å². The molecule has 0 saturated carbocycles. The number of aryl methyl sites for hydroxylation is 2. The third kappa shape index (κ3) is 4.10. The Morgan fingerprint density at radius 1 is 1.00 bits per heavy atom. The van der Waals surface area contributed by atoms with Crippen molar-refractivity contribution in [2.75, 3.05) is 39.3 Å². The van der Waals surface area contributed by atoms with E-state index in [1.54, 1.807) is 14.9 Å². The summed E-state index contributed by atoms with van der Waals surface area (Å²) in [5, 5.41) is 8.99. The smallest absolute Gasteiger partial charge is 0.282 e. The second-order valence-corrected chi connectivity index (χ2v) is 14.0. The van der Waals surface area contributed by atoms with E-state index in [4.69, 9.17) is 0 Å². The van der Waals surface area contributed by atoms with E-state index in [1.165, 1.54) is 43.0 Å². The summed E-state index contributed by atoms with van der Waals surface area (Å²) < 4.78 is 31.6. The van der Waals surface area contributed by atoms with Crippen LogP contribution >= 0.6 is 11.3 Å². The molecule has 0 aliphatic carbocycles. The molecule has 2 N–H and O–H groups in total. The zero-order valence-electron chi connectivity index (χ0n) is 22.8. The molecule has 2 saturated heterocycles. The third-order valence-electron chi connectivity index (χ3n) is 8.49. The first kappa shape index (κ1) is 25.9. The maximum absolute atomic E-state index is 13.2. The summed E-state index contributed by atoms with van der Waals surface area (Å²) >= 11 is 1.85. The molecule has 0 amide bonds. The van der Waals surface area contributed by atoms with Gasteiger partial charge in [-0.05, 0) is 67.7 Å². The lowest BCUT2D eigenvalue weighted by molar-refractivity contribution is 0.276. The number of rotatable bonds is 5. The van der Waals surface area contributed by atoms with E-state index >= 15 is 0 Å². The maximum atomic E-state index is 13.2. The minimum absolute atomic E-state index is 0.345. The van der Waals surface area contributed by atoms with Gasteiger partial charge in [-0.15, -0.1) is 11.3 Å². The summed E-state index contributed by atoms with van der Waals surface area (Å²) in [6.07, 6.45) is 5.43. The number of piperidine rings is 1. The number of aromatic amines is 1. The van der Waals surface area contributed by atoms with Gasteiger partial charge in [-0.2, -0.15) is 22.1 Å². The Kier molecular flexibility index (Phi) is 6.63. The first-order valence-electron chi connectivity index (χ1n) is 13.6. The van der Waals surface area contributed by atoms with Crippen molar-refractivity contribution in [3.63, 3.8) is 0 Å². The fourth-order valence-electron chi connectivity index (χ4n) is 6.27. The van der Waals surface area contributed by atoms with Crippen LogP contribution in [0.1, 0.15) is 65.7 Å². The van der Waals surface area contributed by atoms with E-state index in [2.05, 4.69) is 61.2 Å². The van der Waals surface area contributed by atoms with E-state index in [0.717, 1.165) is 37.1 Å². The Bertz CT molecular complexity index is 1600. The highest BCUT2D eigenvalue weighted by Crippen LogP contribution is 2.46. The Morgan fingerprint density at radius 2 is 1.68 bits per heavy atom. The molecule has 2 aliphatic heterocycles. The monoisotopic (exact) mass is 555 g/mol. The molecular formula is C27H37N7O2S2. The minimum Gasteiger partial charge on any atom is -0.346 e. The van der Waals surface area contributed by atoms with Crippen LogP contribution in [0.4, 0.5) is 0 Å². The number of nitrogens with one attached hydrogen (secondary N) is 2. The van der Waals surface area contributed by atoms with Crippen LogP contribution in [-0.4, -0.2) is 75.9 Å². The number of pyridine rings is 1. The lowest BCUT2D eigenvalue weighted by atomic mass is 9.90. The molecule has 0 spiro atoms. The van der Waals surface area contributed by atoms with Gasteiger partial charge in [-0.1, -0.05) is 13.8 Å². The summed E-state index contributed by atoms with van der Waals surface area (Å²) in [6.45, 7) is 14.8. The fraction of sp³-hybridized carbons (Fsp3) is 0.556. The Labute approximate surface area is 228 Å². The van der Waals surface area contributed by atoms with Gasteiger partial charge in [0, 0.05) is 61.3 Å². The van der Waals surface area contributed by atoms with Gasteiger partial charge in [0.15, 0.2) is 5.65 Å². The zero-order chi connectivity index (χ0) is 26.8. The van der Waals surface area contributed by atoms with E-state index < -0.39 is 10.2 Å². The highest BCUT2D eigenvalue weighted by molar-refractivity contribution is 7.86. The average molecular weight is 556 g/mol. The van der Waals surface area contributed by atoms with Crippen molar-refractivity contribution in [3.05, 3.63) is 39.7 Å². The van der Waals surface area contributed by atoms with Gasteiger partial charge in [0.1, 0.15) is 11.2 Å². The molecule has 38 heavy (non-hydrogen) atoms. The molecule has 4 aromatic rings. The molecule has 2 aliphatic rings. The molecule has 0 unspecified atom stereocenters. The standard InChI is InChI=1S/C27H37N7O2S2/c1-16(2)22-23-19(5)25(20-6-10-32(11-7-20)38(35,36)33-12-8-28-9-13-33)37-27(23)31-24(22)21-14-34-26(29-15-30-34)18(4)17(21)3/h14-16,20,28,31H,6-13H2,1-5H3. The van der Waals surface area contributed by atoms with Crippen LogP contribution in [0.2, 0.25) is 0 Å². The van der Waals surface area contributed by atoms with E-state index in [9.17, 15) is 8.42 Å². The van der Waals surface area contributed by atoms with Crippen molar-refractivity contribution >= 4 is 37.4 Å².